The average molecular weight is 546 g/mol. The van der Waals surface area contributed by atoms with E-state index in [4.69, 9.17) is 4.52 Å². The first-order valence-electron chi connectivity index (χ1n) is 12.1. The number of hydrogen-bond donors (Lipinski definition) is 2. The van der Waals surface area contributed by atoms with Gasteiger partial charge in [-0.3, -0.25) is 14.4 Å². The molecule has 3 aromatic carbocycles. The summed E-state index contributed by atoms with van der Waals surface area (Å²) in [6.07, 6.45) is 1.19. The highest BCUT2D eigenvalue weighted by atomic mass is 32.2. The molecule has 0 aliphatic carbocycles. The van der Waals surface area contributed by atoms with E-state index in [0.29, 0.717) is 16.8 Å². The molecular formula is C29H27N3O6S. The fourth-order valence-corrected chi connectivity index (χ4v) is 4.63. The lowest BCUT2D eigenvalue weighted by Crippen LogP contribution is -2.48. The number of carbonyl (C=O) groups is 3. The van der Waals surface area contributed by atoms with E-state index in [1.165, 1.54) is 12.1 Å². The zero-order valence-electron chi connectivity index (χ0n) is 21.4. The lowest BCUT2D eigenvalue weighted by Gasteiger charge is -2.18. The molecule has 0 saturated carbocycles. The fourth-order valence-electron chi connectivity index (χ4n) is 4.00. The van der Waals surface area contributed by atoms with Gasteiger partial charge in [0.2, 0.25) is 5.78 Å². The van der Waals surface area contributed by atoms with Crippen molar-refractivity contribution in [1.29, 1.82) is 0 Å². The zero-order chi connectivity index (χ0) is 28.0. The molecule has 2 amide bonds. The molecule has 200 valence electrons. The summed E-state index contributed by atoms with van der Waals surface area (Å²) in [5.74, 6) is -2.03. The van der Waals surface area contributed by atoms with Crippen LogP contribution in [0.5, 0.6) is 0 Å². The molecule has 1 heterocycles. The molecule has 9 nitrogen and oxygen atoms in total. The zero-order valence-corrected chi connectivity index (χ0v) is 22.2. The first-order valence-corrected chi connectivity index (χ1v) is 14.0. The molecule has 1 atom stereocenters. The number of aromatic nitrogens is 1. The van der Waals surface area contributed by atoms with Gasteiger partial charge >= 0.3 is 0 Å². The largest absolute Gasteiger partial charge is 0.355 e. The van der Waals surface area contributed by atoms with Gasteiger partial charge in [-0.05, 0) is 30.2 Å². The molecular weight excluding hydrogens is 518 g/mol. The van der Waals surface area contributed by atoms with Gasteiger partial charge in [0.25, 0.3) is 11.8 Å². The number of Topliss-reactive ketones (excluding diaryl/α,β-unsaturated/α-hetero) is 1. The summed E-state index contributed by atoms with van der Waals surface area (Å²) in [6.45, 7) is 1.63. The predicted molar refractivity (Wildman–Crippen MR) is 144 cm³/mol. The molecule has 39 heavy (non-hydrogen) atoms. The second-order valence-corrected chi connectivity index (χ2v) is 11.0. The van der Waals surface area contributed by atoms with Crippen molar-refractivity contribution in [2.24, 2.45) is 0 Å². The fraction of sp³-hybridized carbons (Fsp3) is 0.172. The number of nitrogens with one attached hydrogen (secondary N) is 2. The number of aryl methyl sites for hydroxylation is 1. The maximum atomic E-state index is 13.4. The van der Waals surface area contributed by atoms with E-state index in [1.807, 2.05) is 12.1 Å². The van der Waals surface area contributed by atoms with Crippen LogP contribution in [0.2, 0.25) is 0 Å². The van der Waals surface area contributed by atoms with Gasteiger partial charge in [-0.25, -0.2) is 8.42 Å². The predicted octanol–water partition coefficient (Wildman–Crippen LogP) is 3.28. The van der Waals surface area contributed by atoms with Crippen molar-refractivity contribution >= 4 is 27.4 Å². The van der Waals surface area contributed by atoms with E-state index in [0.717, 1.165) is 11.8 Å². The van der Waals surface area contributed by atoms with Gasteiger partial charge in [0.05, 0.1) is 10.6 Å². The third-order valence-electron chi connectivity index (χ3n) is 6.06. The molecule has 0 fully saturated rings. The number of hydrogen-bond acceptors (Lipinski definition) is 7. The number of carbonyl (C=O) groups excluding carboxylic acids is 3. The Bertz CT molecular complexity index is 1580. The van der Waals surface area contributed by atoms with Crippen molar-refractivity contribution in [3.05, 3.63) is 107 Å². The number of sulfone groups is 1. The second-order valence-electron chi connectivity index (χ2n) is 9.02. The molecule has 0 aliphatic heterocycles. The van der Waals surface area contributed by atoms with Crippen LogP contribution in [0.4, 0.5) is 0 Å². The van der Waals surface area contributed by atoms with Crippen LogP contribution in [0.3, 0.4) is 0 Å². The van der Waals surface area contributed by atoms with Crippen molar-refractivity contribution in [1.82, 2.24) is 15.8 Å². The van der Waals surface area contributed by atoms with Crippen LogP contribution < -0.4 is 10.6 Å². The minimum atomic E-state index is -3.35. The highest BCUT2D eigenvalue weighted by Gasteiger charge is 2.30. The van der Waals surface area contributed by atoms with E-state index < -0.39 is 33.5 Å². The summed E-state index contributed by atoms with van der Waals surface area (Å²) >= 11 is 0. The van der Waals surface area contributed by atoms with Crippen molar-refractivity contribution in [2.75, 3.05) is 6.26 Å². The Kier molecular flexibility index (Phi) is 8.36. The van der Waals surface area contributed by atoms with Crippen LogP contribution in [-0.2, 0) is 32.4 Å². The summed E-state index contributed by atoms with van der Waals surface area (Å²) in [6, 6.07) is 22.8. The van der Waals surface area contributed by atoms with Crippen molar-refractivity contribution in [3.8, 4) is 11.3 Å². The molecule has 10 heteroatoms. The first-order chi connectivity index (χ1) is 18.6. The van der Waals surface area contributed by atoms with Gasteiger partial charge in [0.15, 0.2) is 15.6 Å². The topological polar surface area (TPSA) is 135 Å². The van der Waals surface area contributed by atoms with E-state index >= 15 is 0 Å². The third-order valence-corrected chi connectivity index (χ3v) is 7.19. The van der Waals surface area contributed by atoms with Crippen molar-refractivity contribution in [3.63, 3.8) is 0 Å². The Morgan fingerprint density at radius 3 is 2.10 bits per heavy atom. The van der Waals surface area contributed by atoms with Gasteiger partial charge in [0, 0.05) is 24.8 Å². The number of nitrogens with zero attached hydrogens (tertiary/aromatic N) is 1. The second kappa shape index (κ2) is 11.9. The molecule has 1 unspecified atom stereocenters. The van der Waals surface area contributed by atoms with Gasteiger partial charge < -0.3 is 15.2 Å². The molecule has 2 N–H and O–H groups in total. The lowest BCUT2D eigenvalue weighted by molar-refractivity contribution is -0.139. The molecule has 1 aromatic heterocycles. The monoisotopic (exact) mass is 545 g/mol. The van der Waals surface area contributed by atoms with Crippen LogP contribution in [0.1, 0.15) is 27.2 Å². The smallest absolute Gasteiger partial charge is 0.289 e. The highest BCUT2D eigenvalue weighted by Crippen LogP contribution is 2.26. The normalized spacial score (nSPS) is 11.9. The van der Waals surface area contributed by atoms with Gasteiger partial charge in [-0.2, -0.15) is 0 Å². The van der Waals surface area contributed by atoms with E-state index in [2.05, 4.69) is 15.8 Å². The lowest BCUT2D eigenvalue weighted by atomic mass is 10.00. The van der Waals surface area contributed by atoms with Gasteiger partial charge in [-0.15, -0.1) is 0 Å². The number of rotatable bonds is 10. The Labute approximate surface area is 226 Å². The SMILES string of the molecule is Cc1noc(-c2ccccc2)c1C(=O)NC(Cc1ccccc1)C(=O)C(=O)NCc1ccc(S(C)(=O)=O)cc1. The number of ketones is 1. The Balaban J connectivity index is 1.52. The van der Waals surface area contributed by atoms with Crippen LogP contribution in [-0.4, -0.2) is 43.5 Å². The van der Waals surface area contributed by atoms with Gasteiger partial charge in [0.1, 0.15) is 11.6 Å². The third kappa shape index (κ3) is 6.85. The molecule has 0 spiro atoms. The first kappa shape index (κ1) is 27.5. The van der Waals surface area contributed by atoms with Crippen LogP contribution >= 0.6 is 0 Å². The Morgan fingerprint density at radius 1 is 0.872 bits per heavy atom. The summed E-state index contributed by atoms with van der Waals surface area (Å²) in [5.41, 5.74) is 2.54. The molecule has 0 saturated heterocycles. The minimum absolute atomic E-state index is 0.00350. The average Bonchev–Trinajstić information content (AvgIpc) is 3.33. The molecule has 0 radical (unpaired) electrons. The Morgan fingerprint density at radius 2 is 1.49 bits per heavy atom. The highest BCUT2D eigenvalue weighted by molar-refractivity contribution is 7.90. The van der Waals surface area contributed by atoms with Crippen LogP contribution in [0, 0.1) is 6.92 Å². The van der Waals surface area contributed by atoms with Crippen molar-refractivity contribution < 1.29 is 27.3 Å². The van der Waals surface area contributed by atoms with E-state index in [-0.39, 0.29) is 29.2 Å². The Hall–Kier alpha value is -4.57. The summed E-state index contributed by atoms with van der Waals surface area (Å²) in [7, 11) is -3.35. The molecule has 4 rings (SSSR count). The quantitative estimate of drug-likeness (QED) is 0.292. The molecule has 0 bridgehead atoms. The summed E-state index contributed by atoms with van der Waals surface area (Å²) < 4.78 is 28.7. The molecule has 0 aliphatic rings. The van der Waals surface area contributed by atoms with Crippen molar-refractivity contribution in [2.45, 2.75) is 30.8 Å². The number of amides is 2. The van der Waals surface area contributed by atoms with E-state index in [1.54, 1.807) is 67.6 Å². The molecule has 4 aromatic rings. The summed E-state index contributed by atoms with van der Waals surface area (Å²) in [5, 5.41) is 9.20. The maximum absolute atomic E-state index is 13.4. The number of benzene rings is 3. The van der Waals surface area contributed by atoms with Gasteiger partial charge in [-0.1, -0.05) is 78.0 Å². The van der Waals surface area contributed by atoms with Crippen LogP contribution in [0.25, 0.3) is 11.3 Å². The van der Waals surface area contributed by atoms with Crippen LogP contribution in [0.15, 0.2) is 94.3 Å². The standard InChI is InChI=1S/C29H27N3O6S/c1-19-25(27(38-32-19)22-11-7-4-8-12-22)28(34)31-24(17-20-9-5-3-6-10-20)26(33)29(35)30-18-21-13-15-23(16-14-21)39(2,36)37/h3-16,24H,17-18H2,1-2H3,(H,30,35)(H,31,34). The minimum Gasteiger partial charge on any atom is -0.355 e. The maximum Gasteiger partial charge on any atom is 0.289 e. The van der Waals surface area contributed by atoms with E-state index in [9.17, 15) is 22.8 Å². The summed E-state index contributed by atoms with van der Waals surface area (Å²) in [4.78, 5) is 39.7.